The second-order valence-electron chi connectivity index (χ2n) is 3.18. The predicted molar refractivity (Wildman–Crippen MR) is 47.1 cm³/mol. The quantitative estimate of drug-likeness (QED) is 0.639. The molecular weight excluding hydrogens is 150 g/mol. The number of hydrogen-bond acceptors (Lipinski definition) is 2. The first-order valence-corrected chi connectivity index (χ1v) is 4.08. The van der Waals surface area contributed by atoms with E-state index in [1.807, 2.05) is 12.3 Å². The van der Waals surface area contributed by atoms with Crippen LogP contribution in [0.15, 0.2) is 24.5 Å². The molecule has 0 aliphatic heterocycles. The smallest absolute Gasteiger partial charge is 0.0713 e. The molecular formula is C9H11N3. The molecule has 0 bridgehead atoms. The molecule has 3 nitrogen and oxygen atoms in total. The van der Waals surface area contributed by atoms with Gasteiger partial charge in [0, 0.05) is 6.20 Å². The lowest BCUT2D eigenvalue weighted by Crippen LogP contribution is -1.93. The van der Waals surface area contributed by atoms with E-state index in [0.29, 0.717) is 5.92 Å². The molecule has 0 aliphatic rings. The number of nitrogens with zero attached hydrogens (tertiary/aromatic N) is 3. The zero-order valence-electron chi connectivity index (χ0n) is 7.23. The van der Waals surface area contributed by atoms with Crippen molar-refractivity contribution in [3.05, 3.63) is 30.1 Å². The molecule has 0 atom stereocenters. The van der Waals surface area contributed by atoms with Crippen LogP contribution in [0.3, 0.4) is 0 Å². The number of rotatable bonds is 1. The minimum Gasteiger partial charge on any atom is -0.222 e. The zero-order chi connectivity index (χ0) is 8.55. The van der Waals surface area contributed by atoms with Gasteiger partial charge in [0.2, 0.25) is 0 Å². The van der Waals surface area contributed by atoms with E-state index >= 15 is 0 Å². The SMILES string of the molecule is CC(C)c1ccn2nnccc12. The van der Waals surface area contributed by atoms with E-state index in [0.717, 1.165) is 5.52 Å². The van der Waals surface area contributed by atoms with Crippen molar-refractivity contribution in [1.29, 1.82) is 0 Å². The maximum Gasteiger partial charge on any atom is 0.0713 e. The summed E-state index contributed by atoms with van der Waals surface area (Å²) in [5.74, 6) is 0.541. The third-order valence-electron chi connectivity index (χ3n) is 2.01. The molecule has 0 aromatic carbocycles. The summed E-state index contributed by atoms with van der Waals surface area (Å²) in [6, 6.07) is 4.08. The Morgan fingerprint density at radius 1 is 1.33 bits per heavy atom. The molecule has 62 valence electrons. The van der Waals surface area contributed by atoms with Crippen LogP contribution in [-0.4, -0.2) is 14.8 Å². The summed E-state index contributed by atoms with van der Waals surface area (Å²) in [5, 5.41) is 7.75. The van der Waals surface area contributed by atoms with Crippen molar-refractivity contribution >= 4 is 5.52 Å². The molecule has 0 saturated heterocycles. The Morgan fingerprint density at radius 2 is 2.17 bits per heavy atom. The Labute approximate surface area is 71.0 Å². The standard InChI is InChI=1S/C9H11N3/c1-7(2)8-4-6-12-9(8)3-5-10-11-12/h3-7H,1-2H3. The van der Waals surface area contributed by atoms with Crippen LogP contribution in [0.4, 0.5) is 0 Å². The van der Waals surface area contributed by atoms with Crippen LogP contribution in [0.2, 0.25) is 0 Å². The molecule has 0 aliphatic carbocycles. The van der Waals surface area contributed by atoms with Gasteiger partial charge in [-0.05, 0) is 23.6 Å². The van der Waals surface area contributed by atoms with E-state index < -0.39 is 0 Å². The molecule has 0 amide bonds. The lowest BCUT2D eigenvalue weighted by atomic mass is 10.1. The topological polar surface area (TPSA) is 30.2 Å². The van der Waals surface area contributed by atoms with Gasteiger partial charge in [-0.3, -0.25) is 0 Å². The van der Waals surface area contributed by atoms with Gasteiger partial charge in [0.15, 0.2) is 0 Å². The molecule has 2 rings (SSSR count). The van der Waals surface area contributed by atoms with Crippen LogP contribution in [0.1, 0.15) is 25.3 Å². The average Bonchev–Trinajstić information content (AvgIpc) is 2.47. The largest absolute Gasteiger partial charge is 0.222 e. The van der Waals surface area contributed by atoms with Crippen LogP contribution < -0.4 is 0 Å². The number of aromatic nitrogens is 3. The van der Waals surface area contributed by atoms with Crippen molar-refractivity contribution in [3.8, 4) is 0 Å². The zero-order valence-corrected chi connectivity index (χ0v) is 7.23. The Kier molecular flexibility index (Phi) is 1.57. The summed E-state index contributed by atoms with van der Waals surface area (Å²) in [4.78, 5) is 0. The van der Waals surface area contributed by atoms with Gasteiger partial charge in [0.25, 0.3) is 0 Å². The fourth-order valence-corrected chi connectivity index (χ4v) is 1.38. The molecule has 2 aromatic rings. The third-order valence-corrected chi connectivity index (χ3v) is 2.01. The van der Waals surface area contributed by atoms with Crippen LogP contribution in [0.5, 0.6) is 0 Å². The highest BCUT2D eigenvalue weighted by Crippen LogP contribution is 2.19. The first-order valence-electron chi connectivity index (χ1n) is 4.08. The number of hydrogen-bond donors (Lipinski definition) is 0. The van der Waals surface area contributed by atoms with Gasteiger partial charge < -0.3 is 0 Å². The predicted octanol–water partition coefficient (Wildman–Crippen LogP) is 1.85. The lowest BCUT2D eigenvalue weighted by Gasteiger charge is -2.01. The van der Waals surface area contributed by atoms with Crippen molar-refractivity contribution < 1.29 is 0 Å². The Morgan fingerprint density at radius 3 is 2.92 bits per heavy atom. The van der Waals surface area contributed by atoms with E-state index in [1.54, 1.807) is 10.7 Å². The van der Waals surface area contributed by atoms with Gasteiger partial charge in [0.05, 0.1) is 11.7 Å². The highest BCUT2D eigenvalue weighted by atomic mass is 15.4. The highest BCUT2D eigenvalue weighted by Gasteiger charge is 2.05. The second-order valence-corrected chi connectivity index (χ2v) is 3.18. The van der Waals surface area contributed by atoms with E-state index in [1.165, 1.54) is 5.56 Å². The Hall–Kier alpha value is -1.38. The lowest BCUT2D eigenvalue weighted by molar-refractivity contribution is 0.803. The summed E-state index contributed by atoms with van der Waals surface area (Å²) in [6.45, 7) is 4.35. The molecule has 2 aromatic heterocycles. The van der Waals surface area contributed by atoms with Gasteiger partial charge >= 0.3 is 0 Å². The van der Waals surface area contributed by atoms with Crippen molar-refractivity contribution in [3.63, 3.8) is 0 Å². The van der Waals surface area contributed by atoms with Crippen molar-refractivity contribution in [2.45, 2.75) is 19.8 Å². The molecule has 0 fully saturated rings. The van der Waals surface area contributed by atoms with Crippen LogP contribution in [0, 0.1) is 0 Å². The summed E-state index contributed by atoms with van der Waals surface area (Å²) >= 11 is 0. The van der Waals surface area contributed by atoms with Crippen molar-refractivity contribution in [2.75, 3.05) is 0 Å². The fourth-order valence-electron chi connectivity index (χ4n) is 1.38. The maximum atomic E-state index is 3.95. The molecule has 3 heteroatoms. The van der Waals surface area contributed by atoms with Crippen LogP contribution >= 0.6 is 0 Å². The summed E-state index contributed by atoms with van der Waals surface area (Å²) in [5.41, 5.74) is 2.48. The van der Waals surface area contributed by atoms with Crippen LogP contribution in [0.25, 0.3) is 5.52 Å². The Balaban J connectivity index is 2.70. The normalized spacial score (nSPS) is 11.2. The van der Waals surface area contributed by atoms with E-state index in [4.69, 9.17) is 0 Å². The summed E-state index contributed by atoms with van der Waals surface area (Å²) in [6.07, 6.45) is 3.67. The third kappa shape index (κ3) is 0.978. The summed E-state index contributed by atoms with van der Waals surface area (Å²) < 4.78 is 1.80. The van der Waals surface area contributed by atoms with Gasteiger partial charge in [0.1, 0.15) is 0 Å². The van der Waals surface area contributed by atoms with E-state index in [-0.39, 0.29) is 0 Å². The molecule has 0 N–H and O–H groups in total. The maximum absolute atomic E-state index is 3.95. The van der Waals surface area contributed by atoms with Gasteiger partial charge in [-0.15, -0.1) is 5.10 Å². The van der Waals surface area contributed by atoms with Crippen LogP contribution in [-0.2, 0) is 0 Å². The number of fused-ring (bicyclic) bond motifs is 1. The summed E-state index contributed by atoms with van der Waals surface area (Å²) in [7, 11) is 0. The van der Waals surface area contributed by atoms with Crippen molar-refractivity contribution in [2.24, 2.45) is 0 Å². The Bertz CT molecular complexity index is 389. The van der Waals surface area contributed by atoms with Gasteiger partial charge in [-0.25, -0.2) is 4.52 Å². The molecule has 0 unspecified atom stereocenters. The molecule has 12 heavy (non-hydrogen) atoms. The average molecular weight is 161 g/mol. The molecule has 0 radical (unpaired) electrons. The van der Waals surface area contributed by atoms with Gasteiger partial charge in [-0.1, -0.05) is 19.1 Å². The van der Waals surface area contributed by atoms with Crippen molar-refractivity contribution in [1.82, 2.24) is 14.8 Å². The van der Waals surface area contributed by atoms with Gasteiger partial charge in [-0.2, -0.15) is 0 Å². The molecule has 0 spiro atoms. The van der Waals surface area contributed by atoms with E-state index in [9.17, 15) is 0 Å². The van der Waals surface area contributed by atoms with E-state index in [2.05, 4.69) is 30.2 Å². The minimum absolute atomic E-state index is 0.541. The second kappa shape index (κ2) is 2.59. The highest BCUT2D eigenvalue weighted by molar-refractivity contribution is 5.55. The molecule has 0 saturated carbocycles. The monoisotopic (exact) mass is 161 g/mol. The molecule has 2 heterocycles. The minimum atomic E-state index is 0.541. The fraction of sp³-hybridized carbons (Fsp3) is 0.333. The first-order chi connectivity index (χ1) is 5.79. The first kappa shape index (κ1) is 7.28.